The number of pyridine rings is 1. The van der Waals surface area contributed by atoms with E-state index in [-0.39, 0.29) is 10.3 Å². The van der Waals surface area contributed by atoms with Gasteiger partial charge in [-0.25, -0.2) is 0 Å². The highest BCUT2D eigenvalue weighted by Gasteiger charge is 2.55. The maximum absolute atomic E-state index is 15.2. The van der Waals surface area contributed by atoms with Crippen LogP contribution in [0.15, 0.2) is 48.7 Å². The van der Waals surface area contributed by atoms with E-state index in [9.17, 15) is 28.5 Å². The van der Waals surface area contributed by atoms with Gasteiger partial charge in [-0.15, -0.1) is 11.3 Å². The quantitative estimate of drug-likeness (QED) is 0.0666. The van der Waals surface area contributed by atoms with Gasteiger partial charge in [0.2, 0.25) is 19.1 Å². The number of likely N-dealkylation sites (tertiary alicyclic amines) is 2. The van der Waals surface area contributed by atoms with E-state index in [1.807, 2.05) is 43.9 Å². The second-order valence-corrected chi connectivity index (χ2v) is 20.3. The minimum atomic E-state index is -5.18. The number of hydrogen-bond donors (Lipinski definition) is 1. The molecule has 5 rings (SSSR count). The van der Waals surface area contributed by atoms with Gasteiger partial charge in [0.1, 0.15) is 6.29 Å². The lowest BCUT2D eigenvalue weighted by atomic mass is 9.97. The van der Waals surface area contributed by atoms with Gasteiger partial charge in [0.05, 0.1) is 10.3 Å². The molecule has 3 amide bonds. The van der Waals surface area contributed by atoms with Crippen molar-refractivity contribution in [2.75, 3.05) is 46.9 Å². The van der Waals surface area contributed by atoms with Crippen molar-refractivity contribution in [2.24, 2.45) is 22.5 Å². The lowest BCUT2D eigenvalue weighted by molar-refractivity contribution is -0.161. The third-order valence-electron chi connectivity index (χ3n) is 8.97. The SMILES string of the molecule is CC(C)(C)C=O.CC(C)CCCC(=O)N1CCCC1.COCOP(=O)(OCOC(=O)C(C)(C)C)C(F)(F)c1ccc2sc(C(N)=O)cc2c1.O=CN1CC(c2ccccn2)C1. The van der Waals surface area contributed by atoms with Crippen LogP contribution in [0.1, 0.15) is 114 Å². The number of carbonyl (C=O) groups is 5. The van der Waals surface area contributed by atoms with Crippen molar-refractivity contribution >= 4 is 59.5 Å². The van der Waals surface area contributed by atoms with Gasteiger partial charge in [-0.3, -0.25) is 37.8 Å². The van der Waals surface area contributed by atoms with Gasteiger partial charge in [-0.2, -0.15) is 8.78 Å². The monoisotopic (exact) mass is 896 g/mol. The molecule has 18 heteroatoms. The lowest BCUT2D eigenvalue weighted by Crippen LogP contribution is -2.44. The summed E-state index contributed by atoms with van der Waals surface area (Å²) in [5.41, 5.74) is 0.478. The number of carbonyl (C=O) groups excluding carboxylic acids is 5. The number of rotatable bonds is 15. The van der Waals surface area contributed by atoms with Gasteiger partial charge in [0.25, 0.3) is 5.91 Å². The summed E-state index contributed by atoms with van der Waals surface area (Å²) in [4.78, 5) is 63.0. The largest absolute Gasteiger partial charge is 0.438 e. The maximum Gasteiger partial charge on any atom is 0.409 e. The zero-order valence-electron chi connectivity index (χ0n) is 36.8. The van der Waals surface area contributed by atoms with E-state index < -0.39 is 49.7 Å². The first kappa shape index (κ1) is 53.0. The Labute approximate surface area is 362 Å². The second kappa shape index (κ2) is 24.5. The van der Waals surface area contributed by atoms with Crippen LogP contribution in [0.3, 0.4) is 0 Å². The first-order chi connectivity index (χ1) is 28.5. The van der Waals surface area contributed by atoms with Crippen molar-refractivity contribution in [1.29, 1.82) is 0 Å². The number of benzene rings is 1. The number of amides is 3. The minimum absolute atomic E-state index is 0.139. The minimum Gasteiger partial charge on any atom is -0.438 e. The summed E-state index contributed by atoms with van der Waals surface area (Å²) in [5, 5.41) is 0.309. The number of alkyl halides is 2. The topological polar surface area (TPSA) is 185 Å². The van der Waals surface area contributed by atoms with Crippen LogP contribution in [0.5, 0.6) is 0 Å². The molecule has 2 aromatic heterocycles. The molecular weight excluding hydrogens is 834 g/mol. The smallest absolute Gasteiger partial charge is 0.409 e. The zero-order valence-corrected chi connectivity index (χ0v) is 38.5. The normalized spacial score (nSPS) is 15.2. The van der Waals surface area contributed by atoms with E-state index in [4.69, 9.17) is 19.5 Å². The summed E-state index contributed by atoms with van der Waals surface area (Å²) in [7, 11) is -4.03. The number of thiophene rings is 1. The molecule has 0 radical (unpaired) electrons. The molecule has 2 aliphatic heterocycles. The predicted molar refractivity (Wildman–Crippen MR) is 231 cm³/mol. The van der Waals surface area contributed by atoms with Crippen molar-refractivity contribution < 1.29 is 55.8 Å². The molecule has 1 unspecified atom stereocenters. The molecule has 3 aromatic rings. The van der Waals surface area contributed by atoms with E-state index in [1.54, 1.807) is 31.9 Å². The fourth-order valence-corrected chi connectivity index (χ4v) is 7.57. The van der Waals surface area contributed by atoms with E-state index in [1.165, 1.54) is 31.4 Å². The molecule has 0 spiro atoms. The molecule has 1 atom stereocenters. The molecule has 4 heterocycles. The Morgan fingerprint density at radius 3 is 2.11 bits per heavy atom. The Morgan fingerprint density at radius 1 is 0.984 bits per heavy atom. The second-order valence-electron chi connectivity index (χ2n) is 17.1. The standard InChI is InChI=1S/C18H22F2NO7PS.C11H21NO.C9H10N2O.C5H10O/c1-17(2,3)16(23)26-10-28-29(24,27-9-25-4)18(19,20)12-5-6-13-11(7-12)8-14(30-13)15(21)22;1-10(2)6-5-7-11(13)12-8-3-4-9-12;12-7-11-5-8(6-11)9-3-1-2-4-10-9;1-5(2,3)4-6/h5-8H,9-10H2,1-4H3,(H2,21,22);10H,3-9H2,1-2H3;1-4,7-8H,5-6H2;4H,1-3H3. The van der Waals surface area contributed by atoms with Crippen LogP contribution in [-0.4, -0.2) is 92.1 Å². The van der Waals surface area contributed by atoms with Gasteiger partial charge in [-0.05, 0) is 81.7 Å². The number of fused-ring (bicyclic) bond motifs is 1. The van der Waals surface area contributed by atoms with Crippen LogP contribution in [0.25, 0.3) is 10.1 Å². The molecule has 2 N–H and O–H groups in total. The van der Waals surface area contributed by atoms with Gasteiger partial charge >= 0.3 is 19.2 Å². The summed E-state index contributed by atoms with van der Waals surface area (Å²) < 4.78 is 62.7. The Kier molecular flexibility index (Phi) is 21.3. The van der Waals surface area contributed by atoms with Crippen LogP contribution < -0.4 is 5.73 Å². The molecule has 2 saturated heterocycles. The number of primary amides is 1. The molecule has 14 nitrogen and oxygen atoms in total. The lowest BCUT2D eigenvalue weighted by Gasteiger charge is -2.35. The summed E-state index contributed by atoms with van der Waals surface area (Å²) in [6.45, 7) is 16.6. The first-order valence-electron chi connectivity index (χ1n) is 20.1. The maximum atomic E-state index is 15.2. The average Bonchev–Trinajstić information content (AvgIpc) is 3.88. The first-order valence-corrected chi connectivity index (χ1v) is 22.4. The summed E-state index contributed by atoms with van der Waals surface area (Å²) >= 11 is 1.04. The van der Waals surface area contributed by atoms with E-state index >= 15 is 8.78 Å². The molecule has 2 fully saturated rings. The number of ether oxygens (including phenoxy) is 2. The highest BCUT2D eigenvalue weighted by molar-refractivity contribution is 7.54. The average molecular weight is 897 g/mol. The fraction of sp³-hybridized carbons (Fsp3) is 0.581. The van der Waals surface area contributed by atoms with Crippen molar-refractivity contribution in [1.82, 2.24) is 14.8 Å². The molecule has 0 aliphatic carbocycles. The molecular formula is C43H63F2N4O10PS. The molecule has 340 valence electrons. The number of halogens is 2. The third kappa shape index (κ3) is 17.6. The van der Waals surface area contributed by atoms with E-state index in [0.717, 1.165) is 93.9 Å². The van der Waals surface area contributed by atoms with Crippen molar-refractivity contribution in [2.45, 2.75) is 99.1 Å². The molecule has 0 bridgehead atoms. The van der Waals surface area contributed by atoms with Gasteiger partial charge in [-0.1, -0.05) is 53.2 Å². The molecule has 2 aliphatic rings. The fourth-order valence-electron chi connectivity index (χ4n) is 5.39. The van der Waals surface area contributed by atoms with E-state index in [0.29, 0.717) is 21.9 Å². The Balaban J connectivity index is 0.000000336. The summed E-state index contributed by atoms with van der Waals surface area (Å²) in [5.74, 6) is 0.131. The number of methoxy groups -OCH3 is 1. The number of nitrogens with two attached hydrogens (primary N) is 1. The number of esters is 1. The Hall–Kier alpha value is -4.15. The van der Waals surface area contributed by atoms with Gasteiger partial charge in [0, 0.05) is 73.2 Å². The van der Waals surface area contributed by atoms with Crippen LogP contribution in [0.4, 0.5) is 8.78 Å². The van der Waals surface area contributed by atoms with Crippen LogP contribution in [0.2, 0.25) is 0 Å². The Bertz CT molecular complexity index is 1910. The van der Waals surface area contributed by atoms with Gasteiger partial charge in [0.15, 0.2) is 6.79 Å². The number of aldehydes is 1. The molecule has 1 aromatic carbocycles. The van der Waals surface area contributed by atoms with Crippen molar-refractivity contribution in [3.8, 4) is 0 Å². The van der Waals surface area contributed by atoms with Crippen LogP contribution in [-0.2, 0) is 47.9 Å². The highest BCUT2D eigenvalue weighted by atomic mass is 32.1. The van der Waals surface area contributed by atoms with E-state index in [2.05, 4.69) is 23.6 Å². The highest BCUT2D eigenvalue weighted by Crippen LogP contribution is 2.67. The number of nitrogens with zero attached hydrogens (tertiary/aromatic N) is 3. The van der Waals surface area contributed by atoms with Gasteiger partial charge < -0.3 is 29.8 Å². The third-order valence-corrected chi connectivity index (χ3v) is 11.9. The molecule has 0 saturated carbocycles. The number of hydrogen-bond acceptors (Lipinski definition) is 12. The Morgan fingerprint density at radius 2 is 1.61 bits per heavy atom. The predicted octanol–water partition coefficient (Wildman–Crippen LogP) is 8.73. The van der Waals surface area contributed by atoms with Crippen LogP contribution >= 0.6 is 18.9 Å². The summed E-state index contributed by atoms with van der Waals surface area (Å²) in [6.07, 6.45) is 9.03. The zero-order chi connectivity index (χ0) is 46.0. The number of aromatic nitrogens is 1. The van der Waals surface area contributed by atoms with Crippen molar-refractivity contribution in [3.63, 3.8) is 0 Å². The molecule has 61 heavy (non-hydrogen) atoms. The van der Waals surface area contributed by atoms with Crippen molar-refractivity contribution in [3.05, 3.63) is 64.8 Å². The van der Waals surface area contributed by atoms with Crippen LogP contribution in [0, 0.1) is 16.7 Å². The summed E-state index contributed by atoms with van der Waals surface area (Å²) in [6, 6.07) is 10.7.